The number of benzene rings is 1. The molecule has 0 spiro atoms. The zero-order valence-electron chi connectivity index (χ0n) is 12.3. The molecule has 0 radical (unpaired) electrons. The van der Waals surface area contributed by atoms with E-state index in [-0.39, 0.29) is 5.91 Å². The Hall–Kier alpha value is -2.87. The Morgan fingerprint density at radius 1 is 0.909 bits per heavy atom. The van der Waals surface area contributed by atoms with Gasteiger partial charge in [0.05, 0.1) is 0 Å². The molecule has 1 aliphatic heterocycles. The van der Waals surface area contributed by atoms with Crippen LogP contribution in [0.3, 0.4) is 0 Å². The van der Waals surface area contributed by atoms with Crippen molar-refractivity contribution in [3.05, 3.63) is 77.4 Å². The standard InChI is InChI=1S/C20H15NO/c1-13-7-10-19-17(11-13)18(20(22)21-19)12-15-9-8-14-5-3-2-4-6-16(14)15/h2-12H,1H3,(H,21,22). The number of carbonyl (C=O) groups is 1. The highest BCUT2D eigenvalue weighted by molar-refractivity contribution is 6.35. The molecular weight excluding hydrogens is 270 g/mol. The van der Waals surface area contributed by atoms with Gasteiger partial charge in [0.1, 0.15) is 0 Å². The Morgan fingerprint density at radius 3 is 2.68 bits per heavy atom. The predicted octanol–water partition coefficient (Wildman–Crippen LogP) is 4.59. The van der Waals surface area contributed by atoms with E-state index in [9.17, 15) is 4.79 Å². The van der Waals surface area contributed by atoms with Crippen LogP contribution in [-0.4, -0.2) is 5.91 Å². The van der Waals surface area contributed by atoms with Crippen LogP contribution in [0.5, 0.6) is 0 Å². The molecular formula is C20H15NO. The summed E-state index contributed by atoms with van der Waals surface area (Å²) in [6, 6.07) is 20.4. The van der Waals surface area contributed by atoms with Crippen LogP contribution < -0.4 is 5.32 Å². The second-order valence-corrected chi connectivity index (χ2v) is 5.63. The predicted molar refractivity (Wildman–Crippen MR) is 90.7 cm³/mol. The molecule has 22 heavy (non-hydrogen) atoms. The second-order valence-electron chi connectivity index (χ2n) is 5.63. The van der Waals surface area contributed by atoms with Gasteiger partial charge < -0.3 is 5.32 Å². The minimum atomic E-state index is -0.0322. The number of amides is 1. The molecule has 1 N–H and O–H groups in total. The van der Waals surface area contributed by atoms with Crippen LogP contribution in [-0.2, 0) is 4.79 Å². The fourth-order valence-electron chi connectivity index (χ4n) is 2.97. The van der Waals surface area contributed by atoms with Crippen LogP contribution in [0, 0.1) is 6.92 Å². The average molecular weight is 285 g/mol. The molecule has 0 saturated heterocycles. The molecule has 106 valence electrons. The van der Waals surface area contributed by atoms with Crippen molar-refractivity contribution in [2.75, 3.05) is 5.32 Å². The van der Waals surface area contributed by atoms with E-state index in [1.54, 1.807) is 0 Å². The summed E-state index contributed by atoms with van der Waals surface area (Å²) in [6.07, 6.45) is 1.99. The minimum Gasteiger partial charge on any atom is -0.321 e. The molecule has 4 rings (SSSR count). The van der Waals surface area contributed by atoms with E-state index >= 15 is 0 Å². The first-order valence-electron chi connectivity index (χ1n) is 7.34. The van der Waals surface area contributed by atoms with Crippen molar-refractivity contribution in [3.8, 4) is 11.1 Å². The van der Waals surface area contributed by atoms with E-state index in [0.29, 0.717) is 0 Å². The van der Waals surface area contributed by atoms with Crippen LogP contribution in [0.2, 0.25) is 0 Å². The maximum atomic E-state index is 12.3. The van der Waals surface area contributed by atoms with Crippen molar-refractivity contribution >= 4 is 23.2 Å². The maximum absolute atomic E-state index is 12.3. The summed E-state index contributed by atoms with van der Waals surface area (Å²) in [6.45, 7) is 2.04. The monoisotopic (exact) mass is 285 g/mol. The van der Waals surface area contributed by atoms with Crippen molar-refractivity contribution in [1.82, 2.24) is 0 Å². The SMILES string of the molecule is Cc1ccc2c(c1)C(=Cc1ccc3cccccc1-3)C(=O)N2. The molecule has 0 bridgehead atoms. The molecule has 1 aromatic carbocycles. The van der Waals surface area contributed by atoms with E-state index in [0.717, 1.165) is 33.5 Å². The first kappa shape index (κ1) is 12.8. The number of aryl methyl sites for hydroxylation is 1. The molecule has 0 fully saturated rings. The van der Waals surface area contributed by atoms with Crippen molar-refractivity contribution < 1.29 is 4.79 Å². The summed E-state index contributed by atoms with van der Waals surface area (Å²) in [7, 11) is 0. The lowest BCUT2D eigenvalue weighted by atomic mass is 10.0. The number of hydrogen-bond donors (Lipinski definition) is 1. The number of hydrogen-bond acceptors (Lipinski definition) is 1. The van der Waals surface area contributed by atoms with Crippen LogP contribution in [0.1, 0.15) is 16.7 Å². The highest BCUT2D eigenvalue weighted by Crippen LogP contribution is 2.36. The fourth-order valence-corrected chi connectivity index (χ4v) is 2.97. The third kappa shape index (κ3) is 2.01. The van der Waals surface area contributed by atoms with Crippen LogP contribution >= 0.6 is 0 Å². The summed E-state index contributed by atoms with van der Waals surface area (Å²) in [4.78, 5) is 12.3. The third-order valence-electron chi connectivity index (χ3n) is 4.08. The Morgan fingerprint density at radius 2 is 1.77 bits per heavy atom. The van der Waals surface area contributed by atoms with E-state index in [1.807, 2.05) is 43.3 Å². The van der Waals surface area contributed by atoms with Crippen molar-refractivity contribution in [3.63, 3.8) is 0 Å². The quantitative estimate of drug-likeness (QED) is 0.651. The lowest BCUT2D eigenvalue weighted by molar-refractivity contribution is -0.110. The highest BCUT2D eigenvalue weighted by atomic mass is 16.2. The van der Waals surface area contributed by atoms with Crippen molar-refractivity contribution in [1.29, 1.82) is 0 Å². The molecule has 3 aliphatic rings. The van der Waals surface area contributed by atoms with Crippen LogP contribution in [0.4, 0.5) is 5.69 Å². The van der Waals surface area contributed by atoms with E-state index in [2.05, 4.69) is 35.6 Å². The summed E-state index contributed by atoms with van der Waals surface area (Å²) in [5.74, 6) is -0.0322. The van der Waals surface area contributed by atoms with Crippen molar-refractivity contribution in [2.45, 2.75) is 6.92 Å². The van der Waals surface area contributed by atoms with Gasteiger partial charge in [0.15, 0.2) is 0 Å². The molecule has 2 heteroatoms. The van der Waals surface area contributed by atoms with Gasteiger partial charge in [0, 0.05) is 16.8 Å². The number of carbonyl (C=O) groups excluding carboxylic acids is 1. The van der Waals surface area contributed by atoms with Gasteiger partial charge in [-0.1, -0.05) is 54.1 Å². The third-order valence-corrected chi connectivity index (χ3v) is 4.08. The van der Waals surface area contributed by atoms with E-state index in [1.165, 1.54) is 5.56 Å². The normalized spacial score (nSPS) is 15.1. The molecule has 2 nitrogen and oxygen atoms in total. The Labute approximate surface area is 129 Å². The molecule has 1 heterocycles. The smallest absolute Gasteiger partial charge is 0.256 e. The first-order valence-corrected chi connectivity index (χ1v) is 7.34. The summed E-state index contributed by atoms with van der Waals surface area (Å²) >= 11 is 0. The molecule has 1 amide bonds. The zero-order valence-corrected chi connectivity index (χ0v) is 12.3. The van der Waals surface area contributed by atoms with Crippen LogP contribution in [0.25, 0.3) is 22.8 Å². The van der Waals surface area contributed by atoms with Gasteiger partial charge in [-0.2, -0.15) is 0 Å². The zero-order chi connectivity index (χ0) is 15.1. The second kappa shape index (κ2) is 4.85. The van der Waals surface area contributed by atoms with Gasteiger partial charge in [0.25, 0.3) is 5.91 Å². The van der Waals surface area contributed by atoms with Gasteiger partial charge in [-0.3, -0.25) is 4.79 Å². The molecule has 1 aromatic rings. The van der Waals surface area contributed by atoms with Gasteiger partial charge >= 0.3 is 0 Å². The van der Waals surface area contributed by atoms with Gasteiger partial charge in [0.2, 0.25) is 0 Å². The minimum absolute atomic E-state index is 0.0322. The Balaban J connectivity index is 1.87. The van der Waals surface area contributed by atoms with Crippen LogP contribution in [0.15, 0.2) is 60.7 Å². The largest absolute Gasteiger partial charge is 0.321 e. The summed E-state index contributed by atoms with van der Waals surface area (Å²) in [5.41, 5.74) is 7.18. The summed E-state index contributed by atoms with van der Waals surface area (Å²) in [5, 5.41) is 2.93. The number of rotatable bonds is 1. The summed E-state index contributed by atoms with van der Waals surface area (Å²) < 4.78 is 0. The lowest BCUT2D eigenvalue weighted by Gasteiger charge is -2.01. The topological polar surface area (TPSA) is 29.1 Å². The fraction of sp³-hybridized carbons (Fsp3) is 0.0500. The Bertz CT molecular complexity index is 892. The number of anilines is 1. The number of nitrogens with one attached hydrogen (secondary N) is 1. The highest BCUT2D eigenvalue weighted by Gasteiger charge is 2.24. The molecule has 0 atom stereocenters. The van der Waals surface area contributed by atoms with E-state index < -0.39 is 0 Å². The average Bonchev–Trinajstić information content (AvgIpc) is 2.91. The van der Waals surface area contributed by atoms with Crippen molar-refractivity contribution in [2.24, 2.45) is 0 Å². The molecule has 2 aliphatic carbocycles. The van der Waals surface area contributed by atoms with Gasteiger partial charge in [-0.25, -0.2) is 0 Å². The molecule has 0 unspecified atom stereocenters. The van der Waals surface area contributed by atoms with E-state index in [4.69, 9.17) is 0 Å². The number of fused-ring (bicyclic) bond motifs is 2. The Kier molecular flexibility index (Phi) is 2.83. The van der Waals surface area contributed by atoms with Gasteiger partial charge in [-0.05, 0) is 41.8 Å². The lowest BCUT2D eigenvalue weighted by Crippen LogP contribution is -2.03. The molecule has 0 saturated carbocycles. The first-order chi connectivity index (χ1) is 10.7. The maximum Gasteiger partial charge on any atom is 0.256 e. The van der Waals surface area contributed by atoms with Gasteiger partial charge in [-0.15, -0.1) is 0 Å². The molecule has 0 aromatic heterocycles.